The van der Waals surface area contributed by atoms with Gasteiger partial charge in [0.2, 0.25) is 0 Å². The molecule has 204 valence electrons. The number of para-hydroxylation sites is 4. The molecule has 0 aliphatic carbocycles. The fourth-order valence-corrected chi connectivity index (χ4v) is 5.77. The molecule has 0 fully saturated rings. The van der Waals surface area contributed by atoms with Crippen LogP contribution in [0.25, 0.3) is 66.9 Å². The van der Waals surface area contributed by atoms with Gasteiger partial charge in [0, 0.05) is 38.5 Å². The third-order valence-corrected chi connectivity index (χ3v) is 7.60. The molecule has 0 spiro atoms. The number of benzene rings is 5. The van der Waals surface area contributed by atoms with Crippen molar-refractivity contribution in [3.63, 3.8) is 0 Å². The van der Waals surface area contributed by atoms with Gasteiger partial charge in [-0.2, -0.15) is 0 Å². The van der Waals surface area contributed by atoms with Gasteiger partial charge in [-0.1, -0.05) is 77.7 Å². The molecule has 5 nitrogen and oxygen atoms in total. The monoisotopic (exact) mass is 722 g/mol. The van der Waals surface area contributed by atoms with Gasteiger partial charge in [-0.05, 0) is 59.4 Å². The van der Waals surface area contributed by atoms with E-state index in [0.29, 0.717) is 11.4 Å². The van der Waals surface area contributed by atoms with Crippen LogP contribution in [0.2, 0.25) is 0 Å². The molecule has 42 heavy (non-hydrogen) atoms. The van der Waals surface area contributed by atoms with E-state index in [9.17, 15) is 5.11 Å². The molecule has 5 aromatic carbocycles. The maximum absolute atomic E-state index is 10.8. The Kier molecular flexibility index (Phi) is 6.45. The Morgan fingerprint density at radius 3 is 2.17 bits per heavy atom. The van der Waals surface area contributed by atoms with Crippen LogP contribution >= 0.6 is 0 Å². The Morgan fingerprint density at radius 2 is 1.33 bits per heavy atom. The minimum Gasteiger partial charge on any atom is -0.507 e. The quantitative estimate of drug-likeness (QED) is 0.186. The fraction of sp³-hybridized carbons (Fsp3) is 0. The fourth-order valence-electron chi connectivity index (χ4n) is 5.77. The summed E-state index contributed by atoms with van der Waals surface area (Å²) in [5.41, 5.74) is 7.38. The first kappa shape index (κ1) is 25.9. The van der Waals surface area contributed by atoms with Gasteiger partial charge in [-0.3, -0.25) is 4.57 Å². The van der Waals surface area contributed by atoms with Crippen LogP contribution in [0.5, 0.6) is 5.75 Å². The zero-order valence-corrected chi connectivity index (χ0v) is 24.5. The number of nitrogens with zero attached hydrogens (tertiary/aromatic N) is 4. The number of imidazole rings is 1. The summed E-state index contributed by atoms with van der Waals surface area (Å²) in [4.78, 5) is 9.83. The Balaban J connectivity index is 0.00000288. The Hall–Kier alpha value is -4.99. The molecule has 8 aromatic rings. The Labute approximate surface area is 256 Å². The van der Waals surface area contributed by atoms with Crippen LogP contribution in [-0.2, 0) is 21.1 Å². The van der Waals surface area contributed by atoms with E-state index in [1.807, 2.05) is 60.8 Å². The topological polar surface area (TPSA) is 55.9 Å². The van der Waals surface area contributed by atoms with Gasteiger partial charge in [0.15, 0.2) is 0 Å². The van der Waals surface area contributed by atoms with Crippen LogP contribution in [0, 0.1) is 6.07 Å². The van der Waals surface area contributed by atoms with Gasteiger partial charge < -0.3 is 9.67 Å². The summed E-state index contributed by atoms with van der Waals surface area (Å²) in [6.07, 6.45) is 1.82. The van der Waals surface area contributed by atoms with Crippen molar-refractivity contribution in [3.05, 3.63) is 140 Å². The van der Waals surface area contributed by atoms with E-state index in [0.717, 1.165) is 55.5 Å². The summed E-state index contributed by atoms with van der Waals surface area (Å²) in [6, 6.07) is 46.1. The predicted octanol–water partition coefficient (Wildman–Crippen LogP) is 8.35. The second kappa shape index (κ2) is 10.4. The first-order valence-corrected chi connectivity index (χ1v) is 13.5. The molecule has 0 atom stereocenters. The minimum atomic E-state index is 0. The third-order valence-electron chi connectivity index (χ3n) is 7.60. The van der Waals surface area contributed by atoms with Crippen molar-refractivity contribution in [2.24, 2.45) is 0 Å². The molecule has 6 heteroatoms. The molecule has 3 aromatic heterocycles. The summed E-state index contributed by atoms with van der Waals surface area (Å²) in [5.74, 6) is 1.72. The number of hydrogen-bond donors (Lipinski definition) is 1. The van der Waals surface area contributed by atoms with Crippen LogP contribution in [0.15, 0.2) is 134 Å². The maximum Gasteiger partial charge on any atom is 0.148 e. The summed E-state index contributed by atoms with van der Waals surface area (Å²) in [6.45, 7) is 0. The normalized spacial score (nSPS) is 11.2. The van der Waals surface area contributed by atoms with Crippen LogP contribution in [0.1, 0.15) is 0 Å². The van der Waals surface area contributed by atoms with Crippen molar-refractivity contribution in [2.75, 3.05) is 0 Å². The largest absolute Gasteiger partial charge is 0.507 e. The molecule has 3 heterocycles. The zero-order valence-electron chi connectivity index (χ0n) is 22.3. The minimum absolute atomic E-state index is 0. The third kappa shape index (κ3) is 4.05. The first-order chi connectivity index (χ1) is 20.3. The second-order valence-corrected chi connectivity index (χ2v) is 9.97. The van der Waals surface area contributed by atoms with E-state index in [1.165, 1.54) is 0 Å². The molecule has 0 bridgehead atoms. The molecule has 8 rings (SSSR count). The number of phenolic OH excluding ortho intramolecular Hbond substituents is 1. The molecular weight excluding hydrogens is 700 g/mol. The van der Waals surface area contributed by atoms with E-state index in [-0.39, 0.29) is 26.8 Å². The average molecular weight is 723 g/mol. The van der Waals surface area contributed by atoms with Crippen molar-refractivity contribution < 1.29 is 26.2 Å². The summed E-state index contributed by atoms with van der Waals surface area (Å²) >= 11 is 0. The van der Waals surface area contributed by atoms with Gasteiger partial charge >= 0.3 is 0 Å². The molecule has 0 aliphatic rings. The van der Waals surface area contributed by atoms with Crippen LogP contribution in [-0.4, -0.2) is 24.2 Å². The number of phenols is 1. The molecule has 0 aliphatic heterocycles. The first-order valence-electron chi connectivity index (χ1n) is 13.5. The zero-order chi connectivity index (χ0) is 27.3. The molecule has 0 radical (unpaired) electrons. The summed E-state index contributed by atoms with van der Waals surface area (Å²) < 4.78 is 4.28. The SMILES string of the molecule is Oc1ccccc1-c1nc2c(-c3[c-]c4c(cc3)c3ccccc3n4-c3ccccn3)cccc2n1-c1ccccc1.[Pt]. The molecule has 1 N–H and O–H groups in total. The molecule has 0 saturated carbocycles. The smallest absolute Gasteiger partial charge is 0.148 e. The van der Waals surface area contributed by atoms with E-state index in [4.69, 9.17) is 4.98 Å². The molecular formula is C36H23N4OPt-. The number of hydrogen-bond acceptors (Lipinski definition) is 3. The molecule has 0 unspecified atom stereocenters. The summed E-state index contributed by atoms with van der Waals surface area (Å²) in [5, 5.41) is 13.1. The second-order valence-electron chi connectivity index (χ2n) is 9.97. The average Bonchev–Trinajstić information content (AvgIpc) is 3.58. The van der Waals surface area contributed by atoms with Gasteiger partial charge in [0.05, 0.1) is 16.6 Å². The van der Waals surface area contributed by atoms with Crippen molar-refractivity contribution >= 4 is 32.8 Å². The van der Waals surface area contributed by atoms with Gasteiger partial charge in [-0.15, -0.1) is 23.8 Å². The van der Waals surface area contributed by atoms with E-state index in [1.54, 1.807) is 6.07 Å². The van der Waals surface area contributed by atoms with E-state index >= 15 is 0 Å². The van der Waals surface area contributed by atoms with Gasteiger partial charge in [0.1, 0.15) is 17.4 Å². The molecule has 0 amide bonds. The van der Waals surface area contributed by atoms with Crippen molar-refractivity contribution in [1.29, 1.82) is 0 Å². The predicted molar refractivity (Wildman–Crippen MR) is 165 cm³/mol. The van der Waals surface area contributed by atoms with E-state index in [2.05, 4.69) is 86.9 Å². The van der Waals surface area contributed by atoms with Crippen LogP contribution in [0.4, 0.5) is 0 Å². The number of aromatic hydroxyl groups is 1. The van der Waals surface area contributed by atoms with Gasteiger partial charge in [-0.25, -0.2) is 9.97 Å². The van der Waals surface area contributed by atoms with Crippen molar-refractivity contribution in [3.8, 4) is 39.8 Å². The standard InChI is InChI=1S/C36H23N4O.Pt/c41-33-18-7-5-14-29(33)36-38-35-26(15-10-17-31(35)39(36)25-11-2-1-3-12-25)24-20-21-28-27-13-4-6-16-30(27)40(32(28)23-24)34-19-8-9-22-37-34;/h1-22,41H;/q-1;. The van der Waals surface area contributed by atoms with Crippen LogP contribution < -0.4 is 0 Å². The van der Waals surface area contributed by atoms with Crippen molar-refractivity contribution in [2.45, 2.75) is 0 Å². The number of aromatic nitrogens is 4. The number of rotatable bonds is 4. The van der Waals surface area contributed by atoms with Crippen LogP contribution in [0.3, 0.4) is 0 Å². The number of fused-ring (bicyclic) bond motifs is 4. The summed E-state index contributed by atoms with van der Waals surface area (Å²) in [7, 11) is 0. The Morgan fingerprint density at radius 1 is 0.595 bits per heavy atom. The number of pyridine rings is 1. The van der Waals surface area contributed by atoms with Gasteiger partial charge in [0.25, 0.3) is 0 Å². The molecule has 0 saturated heterocycles. The van der Waals surface area contributed by atoms with Crippen molar-refractivity contribution in [1.82, 2.24) is 19.1 Å². The van der Waals surface area contributed by atoms with E-state index < -0.39 is 0 Å². The Bertz CT molecular complexity index is 2220. The maximum atomic E-state index is 10.8.